The van der Waals surface area contributed by atoms with E-state index in [-0.39, 0.29) is 21.2 Å². The van der Waals surface area contributed by atoms with E-state index in [2.05, 4.69) is 30.3 Å². The molecule has 2 heteroatoms. The third kappa shape index (κ3) is 1.19. The number of rotatable bonds is 0. The Bertz CT molecular complexity index is 505. The Morgan fingerprint density at radius 3 is 2.57 bits per heavy atom. The van der Waals surface area contributed by atoms with Gasteiger partial charge in [-0.3, -0.25) is 0 Å². The molecule has 0 saturated heterocycles. The number of fused-ring (bicyclic) bond motifs is 3. The maximum atomic E-state index is 6.19. The van der Waals surface area contributed by atoms with Crippen LogP contribution in [0.4, 0.5) is 0 Å². The van der Waals surface area contributed by atoms with Crippen LogP contribution >= 0.6 is 11.6 Å². The van der Waals surface area contributed by atoms with Crippen LogP contribution in [0.25, 0.3) is 11.1 Å². The van der Waals surface area contributed by atoms with E-state index < -0.39 is 0 Å². The van der Waals surface area contributed by atoms with Crippen molar-refractivity contribution in [1.82, 2.24) is 0 Å². The average molecular weight is 314 g/mol. The van der Waals surface area contributed by atoms with Crippen molar-refractivity contribution >= 4 is 11.6 Å². The van der Waals surface area contributed by atoms with Crippen molar-refractivity contribution in [3.63, 3.8) is 0 Å². The van der Waals surface area contributed by atoms with E-state index >= 15 is 0 Å². The molecule has 0 bridgehead atoms. The Morgan fingerprint density at radius 1 is 0.857 bits per heavy atom. The molecule has 1 aliphatic heterocycles. The molecule has 0 saturated carbocycles. The molecule has 0 atom stereocenters. The summed E-state index contributed by atoms with van der Waals surface area (Å²) in [7, 11) is 0. The molecule has 0 nitrogen and oxygen atoms in total. The van der Waals surface area contributed by atoms with Crippen LogP contribution in [0.15, 0.2) is 42.5 Å². The Balaban J connectivity index is 2.33. The maximum absolute atomic E-state index is 6.19. The molecule has 70 valence electrons. The Hall–Kier alpha value is -0.540. The van der Waals surface area contributed by atoms with Gasteiger partial charge in [0.25, 0.3) is 0 Å². The van der Waals surface area contributed by atoms with E-state index in [4.69, 9.17) is 11.6 Å². The average Bonchev–Trinajstić information content (AvgIpc) is 2.59. The third-order valence-electron chi connectivity index (χ3n) is 2.31. The summed E-state index contributed by atoms with van der Waals surface area (Å²) in [6.45, 7) is 0. The minimum atomic E-state index is -0.0509. The summed E-state index contributed by atoms with van der Waals surface area (Å²) in [6, 6.07) is 14.8. The Morgan fingerprint density at radius 2 is 1.64 bits per heavy atom. The summed E-state index contributed by atoms with van der Waals surface area (Å²) in [4.78, 5) is 0. The van der Waals surface area contributed by atoms with Crippen molar-refractivity contribution in [1.29, 1.82) is 0 Å². The summed E-state index contributed by atoms with van der Waals surface area (Å²) < 4.78 is 2.88. The van der Waals surface area contributed by atoms with Gasteiger partial charge in [-0.15, -0.1) is 0 Å². The fourth-order valence-electron chi connectivity index (χ4n) is 1.67. The van der Waals surface area contributed by atoms with Crippen molar-refractivity contribution in [2.24, 2.45) is 0 Å². The molecular formula is C12H7ClI-. The molecule has 2 aromatic carbocycles. The molecule has 0 fully saturated rings. The van der Waals surface area contributed by atoms with Crippen LogP contribution in [-0.4, -0.2) is 0 Å². The van der Waals surface area contributed by atoms with Crippen molar-refractivity contribution in [2.75, 3.05) is 0 Å². The van der Waals surface area contributed by atoms with E-state index in [1.54, 1.807) is 0 Å². The first-order valence-electron chi connectivity index (χ1n) is 4.39. The predicted octanol–water partition coefficient (Wildman–Crippen LogP) is 0.449. The minimum absolute atomic E-state index is 0.0509. The molecule has 0 radical (unpaired) electrons. The molecule has 0 aliphatic carbocycles. The van der Waals surface area contributed by atoms with Gasteiger partial charge in [0, 0.05) is 0 Å². The molecule has 2 aromatic rings. The van der Waals surface area contributed by atoms with Crippen LogP contribution in [0, 0.1) is 7.14 Å². The van der Waals surface area contributed by atoms with Crippen molar-refractivity contribution in [3.8, 4) is 11.1 Å². The van der Waals surface area contributed by atoms with Crippen LogP contribution in [-0.2, 0) is 0 Å². The van der Waals surface area contributed by atoms with Gasteiger partial charge in [-0.25, -0.2) is 0 Å². The number of benzene rings is 2. The van der Waals surface area contributed by atoms with E-state index in [0.29, 0.717) is 0 Å². The summed E-state index contributed by atoms with van der Waals surface area (Å²) in [6.07, 6.45) is 0. The van der Waals surface area contributed by atoms with Gasteiger partial charge in [0.05, 0.1) is 0 Å². The first-order valence-corrected chi connectivity index (χ1v) is 6.92. The monoisotopic (exact) mass is 313 g/mol. The Kier molecular flexibility index (Phi) is 2.03. The first kappa shape index (κ1) is 8.74. The van der Waals surface area contributed by atoms with E-state index in [9.17, 15) is 0 Å². The van der Waals surface area contributed by atoms with Crippen LogP contribution in [0.1, 0.15) is 0 Å². The zero-order chi connectivity index (χ0) is 9.54. The number of hydrogen-bond acceptors (Lipinski definition) is 0. The number of halogens is 2. The van der Waals surface area contributed by atoms with Gasteiger partial charge in [-0.1, -0.05) is 0 Å². The van der Waals surface area contributed by atoms with Crippen LogP contribution in [0.2, 0.25) is 5.02 Å². The van der Waals surface area contributed by atoms with Crippen molar-refractivity contribution in [2.45, 2.75) is 0 Å². The van der Waals surface area contributed by atoms with Crippen LogP contribution < -0.4 is 21.2 Å². The molecule has 0 spiro atoms. The fraction of sp³-hybridized carbons (Fsp3) is 0. The molecule has 1 heterocycles. The Labute approximate surface area is 98.2 Å². The molecule has 1 aliphatic rings. The van der Waals surface area contributed by atoms with Gasteiger partial charge in [0.2, 0.25) is 0 Å². The number of hydrogen-bond donors (Lipinski definition) is 0. The van der Waals surface area contributed by atoms with E-state index in [0.717, 1.165) is 5.02 Å². The molecule has 0 N–H and O–H groups in total. The molecule has 0 aromatic heterocycles. The second-order valence-electron chi connectivity index (χ2n) is 3.18. The molecule has 3 rings (SSSR count). The molecule has 0 unspecified atom stereocenters. The quantitative estimate of drug-likeness (QED) is 0.529. The van der Waals surface area contributed by atoms with Gasteiger partial charge < -0.3 is 0 Å². The normalized spacial score (nSPS) is 12.9. The summed E-state index contributed by atoms with van der Waals surface area (Å²) in [5, 5.41) is 0.937. The second-order valence-corrected chi connectivity index (χ2v) is 6.36. The zero-order valence-electron chi connectivity index (χ0n) is 7.30. The van der Waals surface area contributed by atoms with Gasteiger partial charge in [0.1, 0.15) is 0 Å². The third-order valence-corrected chi connectivity index (χ3v) is 6.17. The zero-order valence-corrected chi connectivity index (χ0v) is 10.2. The first-order chi connectivity index (χ1) is 6.86. The molecular weight excluding hydrogens is 306 g/mol. The van der Waals surface area contributed by atoms with Crippen LogP contribution in [0.5, 0.6) is 0 Å². The van der Waals surface area contributed by atoms with Gasteiger partial charge >= 0.3 is 98.6 Å². The molecule has 0 amide bonds. The predicted molar refractivity (Wildman–Crippen MR) is 54.3 cm³/mol. The SMILES string of the molecule is Clc1cccc2c1[I-]c1ccccc1-2. The topological polar surface area (TPSA) is 0 Å². The second kappa shape index (κ2) is 3.24. The standard InChI is InChI=1S/C12H7ClI/c13-10-6-3-5-9-8-4-1-2-7-11(8)14-12(9)10/h1-7H/q-1. The fourth-order valence-corrected chi connectivity index (χ4v) is 5.01. The van der Waals surface area contributed by atoms with Gasteiger partial charge in [0.15, 0.2) is 0 Å². The summed E-state index contributed by atoms with van der Waals surface area (Å²) in [5.74, 6) is 0. The summed E-state index contributed by atoms with van der Waals surface area (Å²) in [5.41, 5.74) is 2.73. The van der Waals surface area contributed by atoms with Crippen molar-refractivity contribution < 1.29 is 21.2 Å². The van der Waals surface area contributed by atoms with E-state index in [1.165, 1.54) is 18.3 Å². The summed E-state index contributed by atoms with van der Waals surface area (Å²) >= 11 is 6.14. The van der Waals surface area contributed by atoms with Gasteiger partial charge in [-0.2, -0.15) is 0 Å². The molecule has 14 heavy (non-hydrogen) atoms. The van der Waals surface area contributed by atoms with E-state index in [1.807, 2.05) is 12.1 Å². The van der Waals surface area contributed by atoms with Crippen molar-refractivity contribution in [3.05, 3.63) is 54.6 Å². The van der Waals surface area contributed by atoms with Crippen LogP contribution in [0.3, 0.4) is 0 Å². The van der Waals surface area contributed by atoms with Gasteiger partial charge in [-0.05, 0) is 0 Å².